The fraction of sp³-hybridized carbons (Fsp3) is 0.857. The van der Waals surface area contributed by atoms with Gasteiger partial charge in [0, 0.05) is 0 Å². The minimum Gasteiger partial charge on any atom is -0.465 e. The lowest BCUT2D eigenvalue weighted by atomic mass is 10.1. The zero-order chi connectivity index (χ0) is 11.7. The summed E-state index contributed by atoms with van der Waals surface area (Å²) < 4.78 is 10.4. The number of rotatable bonds is 3. The number of hydrogen-bond acceptors (Lipinski definition) is 6. The summed E-state index contributed by atoms with van der Waals surface area (Å²) in [6.07, 6.45) is -3.10. The Kier molecular flexibility index (Phi) is 2.79. The molecule has 90 valence electrons. The van der Waals surface area contributed by atoms with E-state index in [4.69, 9.17) is 14.6 Å². The third-order valence-electron chi connectivity index (χ3n) is 2.54. The van der Waals surface area contributed by atoms with Gasteiger partial charge in [-0.1, -0.05) is 0 Å². The first kappa shape index (κ1) is 10.9. The molecule has 0 aliphatic carbocycles. The summed E-state index contributed by atoms with van der Waals surface area (Å²) in [6, 6.07) is -0.511. The van der Waals surface area contributed by atoms with Gasteiger partial charge in [-0.3, -0.25) is 0 Å². The lowest BCUT2D eigenvalue weighted by molar-refractivity contribution is -0.769. The maximum atomic E-state index is 10.4. The molecular formula is C7H10N2O7. The quantitative estimate of drug-likeness (QED) is 0.474. The van der Waals surface area contributed by atoms with E-state index < -0.39 is 35.5 Å². The summed E-state index contributed by atoms with van der Waals surface area (Å²) >= 11 is 0. The number of amides is 1. The predicted octanol–water partition coefficient (Wildman–Crippen LogP) is -1.00. The normalized spacial score (nSPS) is 36.8. The minimum absolute atomic E-state index is 0.0219. The molecule has 2 fully saturated rings. The fourth-order valence-corrected chi connectivity index (χ4v) is 1.95. The fourth-order valence-electron chi connectivity index (χ4n) is 1.95. The number of nitrogens with one attached hydrogen (secondary N) is 1. The van der Waals surface area contributed by atoms with E-state index in [0.717, 1.165) is 0 Å². The number of carboxylic acid groups (broad SMARTS) is 1. The van der Waals surface area contributed by atoms with E-state index in [-0.39, 0.29) is 13.2 Å². The van der Waals surface area contributed by atoms with Gasteiger partial charge in [0.2, 0.25) is 0 Å². The van der Waals surface area contributed by atoms with Gasteiger partial charge in [-0.05, 0) is 0 Å². The van der Waals surface area contributed by atoms with Gasteiger partial charge >= 0.3 is 6.09 Å². The third kappa shape index (κ3) is 1.99. The Morgan fingerprint density at radius 2 is 2.12 bits per heavy atom. The molecular weight excluding hydrogens is 224 g/mol. The zero-order valence-corrected chi connectivity index (χ0v) is 8.07. The van der Waals surface area contributed by atoms with Gasteiger partial charge in [0.15, 0.2) is 6.10 Å². The SMILES string of the molecule is O=C(O)NC1COC2C(O[N+](=O)[O-])COC12. The highest BCUT2D eigenvalue weighted by atomic mass is 17.0. The Morgan fingerprint density at radius 1 is 1.44 bits per heavy atom. The van der Waals surface area contributed by atoms with Gasteiger partial charge < -0.3 is 24.7 Å². The molecule has 4 unspecified atom stereocenters. The molecule has 2 saturated heterocycles. The predicted molar refractivity (Wildman–Crippen MR) is 46.3 cm³/mol. The van der Waals surface area contributed by atoms with E-state index in [1.807, 2.05) is 0 Å². The van der Waals surface area contributed by atoms with Crippen molar-refractivity contribution in [1.29, 1.82) is 0 Å². The van der Waals surface area contributed by atoms with Crippen LogP contribution in [0.5, 0.6) is 0 Å². The lowest BCUT2D eigenvalue weighted by Crippen LogP contribution is -2.43. The van der Waals surface area contributed by atoms with E-state index in [2.05, 4.69) is 10.2 Å². The molecule has 2 aliphatic rings. The molecule has 2 aliphatic heterocycles. The van der Waals surface area contributed by atoms with E-state index >= 15 is 0 Å². The summed E-state index contributed by atoms with van der Waals surface area (Å²) in [5.41, 5.74) is 0. The second kappa shape index (κ2) is 4.10. The van der Waals surface area contributed by atoms with Crippen LogP contribution < -0.4 is 5.32 Å². The van der Waals surface area contributed by atoms with Crippen LogP contribution in [0, 0.1) is 10.1 Å². The number of fused-ring (bicyclic) bond motifs is 1. The average Bonchev–Trinajstić information content (AvgIpc) is 2.70. The maximum Gasteiger partial charge on any atom is 0.405 e. The van der Waals surface area contributed by atoms with Crippen LogP contribution in [0.4, 0.5) is 4.79 Å². The van der Waals surface area contributed by atoms with Gasteiger partial charge in [0.25, 0.3) is 5.09 Å². The minimum atomic E-state index is -1.18. The van der Waals surface area contributed by atoms with Crippen molar-refractivity contribution in [2.75, 3.05) is 13.2 Å². The molecule has 0 bridgehead atoms. The van der Waals surface area contributed by atoms with Gasteiger partial charge in [0.1, 0.15) is 12.2 Å². The number of hydrogen-bond donors (Lipinski definition) is 2. The van der Waals surface area contributed by atoms with Crippen LogP contribution in [0.2, 0.25) is 0 Å². The van der Waals surface area contributed by atoms with Crippen molar-refractivity contribution in [3.05, 3.63) is 10.1 Å². The van der Waals surface area contributed by atoms with Crippen molar-refractivity contribution in [3.8, 4) is 0 Å². The molecule has 2 N–H and O–H groups in total. The molecule has 2 rings (SSSR count). The number of nitrogens with zero attached hydrogens (tertiary/aromatic N) is 1. The van der Waals surface area contributed by atoms with E-state index in [1.165, 1.54) is 0 Å². The molecule has 0 radical (unpaired) electrons. The monoisotopic (exact) mass is 234 g/mol. The summed E-state index contributed by atoms with van der Waals surface area (Å²) in [5, 5.41) is 20.0. The average molecular weight is 234 g/mol. The standard InChI is InChI=1S/C7H10N2O7/c10-7(11)8-3-1-14-6-4(16-9(12)13)2-15-5(3)6/h3-6,8H,1-2H2,(H,10,11). The molecule has 1 amide bonds. The highest BCUT2D eigenvalue weighted by Gasteiger charge is 2.49. The van der Waals surface area contributed by atoms with Crippen LogP contribution in [-0.4, -0.2) is 53.9 Å². The third-order valence-corrected chi connectivity index (χ3v) is 2.54. The van der Waals surface area contributed by atoms with Crippen molar-refractivity contribution in [3.63, 3.8) is 0 Å². The van der Waals surface area contributed by atoms with Gasteiger partial charge in [0.05, 0.1) is 19.3 Å². The topological polar surface area (TPSA) is 120 Å². The lowest BCUT2D eigenvalue weighted by Gasteiger charge is -2.15. The maximum absolute atomic E-state index is 10.4. The van der Waals surface area contributed by atoms with Gasteiger partial charge in [-0.15, -0.1) is 10.1 Å². The Hall–Kier alpha value is -1.61. The molecule has 0 aromatic carbocycles. The Labute approximate surface area is 89.4 Å². The zero-order valence-electron chi connectivity index (χ0n) is 8.07. The summed E-state index contributed by atoms with van der Waals surface area (Å²) in [7, 11) is 0. The smallest absolute Gasteiger partial charge is 0.405 e. The Morgan fingerprint density at radius 3 is 2.75 bits per heavy atom. The van der Waals surface area contributed by atoms with Gasteiger partial charge in [-0.25, -0.2) is 4.79 Å². The summed E-state index contributed by atoms with van der Waals surface area (Å²) in [5.74, 6) is 0. The molecule has 4 atom stereocenters. The van der Waals surface area contributed by atoms with Crippen molar-refractivity contribution >= 4 is 6.09 Å². The van der Waals surface area contributed by atoms with E-state index in [1.54, 1.807) is 0 Å². The number of ether oxygens (including phenoxy) is 2. The van der Waals surface area contributed by atoms with Crippen LogP contribution in [0.3, 0.4) is 0 Å². The van der Waals surface area contributed by atoms with Crippen LogP contribution in [0.25, 0.3) is 0 Å². The summed E-state index contributed by atoms with van der Waals surface area (Å²) in [6.45, 7) is 0.146. The molecule has 9 heteroatoms. The molecule has 0 spiro atoms. The Balaban J connectivity index is 1.95. The van der Waals surface area contributed by atoms with Crippen LogP contribution in [-0.2, 0) is 14.3 Å². The highest BCUT2D eigenvalue weighted by molar-refractivity contribution is 5.65. The molecule has 0 saturated carbocycles. The van der Waals surface area contributed by atoms with Crippen molar-refractivity contribution < 1.29 is 29.3 Å². The Bertz CT molecular complexity index is 279. The number of carbonyl (C=O) groups is 1. The highest BCUT2D eigenvalue weighted by Crippen LogP contribution is 2.28. The molecule has 0 aromatic rings. The second-order valence-electron chi connectivity index (χ2n) is 3.52. The van der Waals surface area contributed by atoms with Crippen LogP contribution >= 0.6 is 0 Å². The van der Waals surface area contributed by atoms with Crippen molar-refractivity contribution in [2.24, 2.45) is 0 Å². The molecule has 16 heavy (non-hydrogen) atoms. The van der Waals surface area contributed by atoms with Crippen molar-refractivity contribution in [1.82, 2.24) is 5.32 Å². The second-order valence-corrected chi connectivity index (χ2v) is 3.52. The van der Waals surface area contributed by atoms with Crippen LogP contribution in [0.15, 0.2) is 0 Å². The van der Waals surface area contributed by atoms with Crippen molar-refractivity contribution in [2.45, 2.75) is 24.4 Å². The van der Waals surface area contributed by atoms with E-state index in [9.17, 15) is 14.9 Å². The van der Waals surface area contributed by atoms with E-state index in [0.29, 0.717) is 0 Å². The van der Waals surface area contributed by atoms with Crippen LogP contribution in [0.1, 0.15) is 0 Å². The van der Waals surface area contributed by atoms with Gasteiger partial charge in [-0.2, -0.15) is 0 Å². The first-order valence-corrected chi connectivity index (χ1v) is 4.62. The summed E-state index contributed by atoms with van der Waals surface area (Å²) in [4.78, 5) is 25.0. The molecule has 2 heterocycles. The first-order valence-electron chi connectivity index (χ1n) is 4.62. The first-order chi connectivity index (χ1) is 7.58. The molecule has 0 aromatic heterocycles. The molecule has 9 nitrogen and oxygen atoms in total. The largest absolute Gasteiger partial charge is 0.465 e.